The van der Waals surface area contributed by atoms with Crippen molar-refractivity contribution in [3.63, 3.8) is 0 Å². The summed E-state index contributed by atoms with van der Waals surface area (Å²) in [5, 5.41) is 8.31. The van der Waals surface area contributed by atoms with E-state index in [0.29, 0.717) is 28.5 Å². The molecule has 0 unspecified atom stereocenters. The molecule has 0 bridgehead atoms. The zero-order valence-electron chi connectivity index (χ0n) is 20.3. The Bertz CT molecular complexity index is 1390. The number of nitrogens with zero attached hydrogens (tertiary/aromatic N) is 6. The number of piperazine rings is 1. The molecule has 7 nitrogen and oxygen atoms in total. The molecular weight excluding hydrogens is 441 g/mol. The van der Waals surface area contributed by atoms with Crippen molar-refractivity contribution in [1.29, 1.82) is 0 Å². The van der Waals surface area contributed by atoms with Crippen LogP contribution in [0.5, 0.6) is 0 Å². The molecule has 1 N–H and O–H groups in total. The second kappa shape index (κ2) is 9.43. The summed E-state index contributed by atoms with van der Waals surface area (Å²) in [5.41, 5.74) is 5.39. The second-order valence-electron chi connectivity index (χ2n) is 9.18. The number of hydrogen-bond donors (Lipinski definition) is 1. The molecule has 5 rings (SSSR count). The summed E-state index contributed by atoms with van der Waals surface area (Å²) in [4.78, 5) is 17.3. The van der Waals surface area contributed by atoms with Gasteiger partial charge < -0.3 is 9.80 Å². The average Bonchev–Trinajstić information content (AvgIpc) is 3.27. The highest BCUT2D eigenvalue weighted by atomic mass is 19.1. The first-order valence-corrected chi connectivity index (χ1v) is 11.9. The quantitative estimate of drug-likeness (QED) is 0.397. The Morgan fingerprint density at radius 2 is 1.83 bits per heavy atom. The first-order chi connectivity index (χ1) is 17.0. The first kappa shape index (κ1) is 22.9. The number of nitrogens with one attached hydrogen (secondary N) is 1. The zero-order valence-corrected chi connectivity index (χ0v) is 20.3. The Morgan fingerprint density at radius 1 is 1.09 bits per heavy atom. The van der Waals surface area contributed by atoms with Crippen LogP contribution in [0.4, 0.5) is 16.0 Å². The van der Waals surface area contributed by atoms with E-state index in [1.165, 1.54) is 0 Å². The third-order valence-electron chi connectivity index (χ3n) is 6.65. The summed E-state index contributed by atoms with van der Waals surface area (Å²) in [6, 6.07) is 7.21. The molecule has 1 aliphatic heterocycles. The van der Waals surface area contributed by atoms with E-state index in [9.17, 15) is 0 Å². The predicted octanol–water partition coefficient (Wildman–Crippen LogP) is 5.39. The molecule has 0 radical (unpaired) electrons. The van der Waals surface area contributed by atoms with Gasteiger partial charge in [-0.1, -0.05) is 25.5 Å². The van der Waals surface area contributed by atoms with Gasteiger partial charge in [0.15, 0.2) is 5.69 Å². The van der Waals surface area contributed by atoms with Crippen LogP contribution in [0.3, 0.4) is 0 Å². The van der Waals surface area contributed by atoms with E-state index >= 15 is 4.39 Å². The van der Waals surface area contributed by atoms with Crippen LogP contribution in [0, 0.1) is 19.3 Å². The molecule has 1 aliphatic rings. The summed E-state index contributed by atoms with van der Waals surface area (Å²) in [7, 11) is 2.12. The monoisotopic (exact) mass is 469 g/mol. The van der Waals surface area contributed by atoms with Crippen molar-refractivity contribution in [3.8, 4) is 22.4 Å². The van der Waals surface area contributed by atoms with E-state index in [0.717, 1.165) is 66.6 Å². The largest absolute Gasteiger partial charge is 0.338 e. The minimum Gasteiger partial charge on any atom is -0.338 e. The molecule has 4 aromatic rings. The molecule has 0 saturated carbocycles. The fraction of sp³-hybridized carbons (Fsp3) is 0.333. The number of aromatic amines is 1. The number of anilines is 1. The zero-order chi connectivity index (χ0) is 24.5. The predicted molar refractivity (Wildman–Crippen MR) is 137 cm³/mol. The van der Waals surface area contributed by atoms with Crippen molar-refractivity contribution in [2.75, 3.05) is 38.1 Å². The number of fused-ring (bicyclic) bond motifs is 1. The van der Waals surface area contributed by atoms with Gasteiger partial charge in [-0.25, -0.2) is 19.2 Å². The van der Waals surface area contributed by atoms with Gasteiger partial charge in [-0.15, -0.1) is 0 Å². The van der Waals surface area contributed by atoms with Crippen LogP contribution in [0.2, 0.25) is 0 Å². The lowest BCUT2D eigenvalue weighted by Crippen LogP contribution is -2.45. The average molecular weight is 470 g/mol. The SMILES string of the molecule is [C-]#[N+]c1cc2[nH]nc(-c3cnc(N4CCN(C)CC4)nc3)c2cc1-c1c(C)cc(CCC)cc1F. The number of likely N-dealkylation sites (N-methyl/N-ethyl adjacent to an activating group) is 1. The van der Waals surface area contributed by atoms with E-state index in [-0.39, 0.29) is 5.82 Å². The molecule has 0 amide bonds. The van der Waals surface area contributed by atoms with Crippen molar-refractivity contribution < 1.29 is 4.39 Å². The second-order valence-corrected chi connectivity index (χ2v) is 9.18. The number of aromatic nitrogens is 4. The van der Waals surface area contributed by atoms with Crippen LogP contribution >= 0.6 is 0 Å². The molecule has 0 aliphatic carbocycles. The van der Waals surface area contributed by atoms with E-state index in [1.807, 2.05) is 19.1 Å². The van der Waals surface area contributed by atoms with Gasteiger partial charge in [-0.05, 0) is 49.2 Å². The Hall–Kier alpha value is -3.83. The number of benzene rings is 2. The summed E-state index contributed by atoms with van der Waals surface area (Å²) < 4.78 is 15.3. The van der Waals surface area contributed by atoms with E-state index < -0.39 is 0 Å². The summed E-state index contributed by atoms with van der Waals surface area (Å²) in [6.45, 7) is 15.4. The van der Waals surface area contributed by atoms with Crippen LogP contribution in [-0.2, 0) is 6.42 Å². The van der Waals surface area contributed by atoms with E-state index in [4.69, 9.17) is 6.57 Å². The highest BCUT2D eigenvalue weighted by Crippen LogP contribution is 2.40. The number of rotatable bonds is 5. The summed E-state index contributed by atoms with van der Waals surface area (Å²) in [5.74, 6) is 0.408. The van der Waals surface area contributed by atoms with Gasteiger partial charge in [-0.2, -0.15) is 5.10 Å². The van der Waals surface area contributed by atoms with Crippen LogP contribution in [0.15, 0.2) is 36.7 Å². The lowest BCUT2D eigenvalue weighted by Gasteiger charge is -2.32. The van der Waals surface area contributed by atoms with Crippen LogP contribution in [0.25, 0.3) is 38.1 Å². The van der Waals surface area contributed by atoms with Crippen molar-refractivity contribution in [2.45, 2.75) is 26.7 Å². The van der Waals surface area contributed by atoms with Crippen LogP contribution in [-0.4, -0.2) is 58.3 Å². The van der Waals surface area contributed by atoms with Crippen molar-refractivity contribution in [2.24, 2.45) is 0 Å². The number of halogens is 1. The fourth-order valence-corrected chi connectivity index (χ4v) is 4.77. The molecule has 2 aromatic heterocycles. The minimum atomic E-state index is -0.303. The molecule has 3 heterocycles. The highest BCUT2D eigenvalue weighted by Gasteiger charge is 2.20. The minimum absolute atomic E-state index is 0.303. The maximum Gasteiger partial charge on any atom is 0.225 e. The van der Waals surface area contributed by atoms with Crippen molar-refractivity contribution in [3.05, 3.63) is 65.0 Å². The Labute approximate surface area is 204 Å². The molecule has 2 aromatic carbocycles. The van der Waals surface area contributed by atoms with Crippen molar-refractivity contribution in [1.82, 2.24) is 25.1 Å². The van der Waals surface area contributed by atoms with Gasteiger partial charge in [0.05, 0.1) is 12.1 Å². The van der Waals surface area contributed by atoms with E-state index in [1.54, 1.807) is 24.5 Å². The first-order valence-electron chi connectivity index (χ1n) is 11.9. The number of H-pyrrole nitrogens is 1. The Kier molecular flexibility index (Phi) is 6.18. The van der Waals surface area contributed by atoms with Gasteiger partial charge in [0.25, 0.3) is 0 Å². The van der Waals surface area contributed by atoms with E-state index in [2.05, 4.69) is 48.8 Å². The lowest BCUT2D eigenvalue weighted by atomic mass is 9.93. The van der Waals surface area contributed by atoms with Gasteiger partial charge >= 0.3 is 0 Å². The van der Waals surface area contributed by atoms with Gasteiger partial charge in [0.2, 0.25) is 5.95 Å². The molecule has 0 atom stereocenters. The molecule has 8 heteroatoms. The molecule has 0 spiro atoms. The van der Waals surface area contributed by atoms with Crippen LogP contribution < -0.4 is 4.90 Å². The molecule has 1 saturated heterocycles. The molecule has 35 heavy (non-hydrogen) atoms. The normalized spacial score (nSPS) is 14.4. The third kappa shape index (κ3) is 4.35. The summed E-state index contributed by atoms with van der Waals surface area (Å²) in [6.07, 6.45) is 5.34. The molecule has 178 valence electrons. The van der Waals surface area contributed by atoms with Crippen LogP contribution in [0.1, 0.15) is 24.5 Å². The number of hydrogen-bond acceptors (Lipinski definition) is 5. The van der Waals surface area contributed by atoms with Crippen molar-refractivity contribution >= 4 is 22.5 Å². The topological polar surface area (TPSA) is 65.3 Å². The standard InChI is InChI=1S/C27H28FN7/c1-5-6-18-11-17(2)25(22(28)12-18)20-13-21-24(14-23(20)29-3)32-33-26(21)19-15-30-27(31-16-19)35-9-7-34(4)8-10-35/h11-16H,5-10H2,1-2,4H3,(H,32,33). The summed E-state index contributed by atoms with van der Waals surface area (Å²) >= 11 is 0. The van der Waals surface area contributed by atoms with Gasteiger partial charge in [-0.3, -0.25) is 5.10 Å². The van der Waals surface area contributed by atoms with Gasteiger partial charge in [0, 0.05) is 55.1 Å². The maximum absolute atomic E-state index is 15.3. The third-order valence-corrected chi connectivity index (χ3v) is 6.65. The maximum atomic E-state index is 15.3. The van der Waals surface area contributed by atoms with Gasteiger partial charge in [0.1, 0.15) is 11.5 Å². The lowest BCUT2D eigenvalue weighted by molar-refractivity contribution is 0.311. The Morgan fingerprint density at radius 3 is 2.49 bits per heavy atom. The highest BCUT2D eigenvalue weighted by molar-refractivity contribution is 6.00. The molecular formula is C27H28FN7. The smallest absolute Gasteiger partial charge is 0.225 e. The fourth-order valence-electron chi connectivity index (χ4n) is 4.77. The molecule has 1 fully saturated rings. The number of aryl methyl sites for hydroxylation is 2. The Balaban J connectivity index is 1.55.